The lowest BCUT2D eigenvalue weighted by molar-refractivity contribution is 0.0718. The third-order valence-corrected chi connectivity index (χ3v) is 6.23. The summed E-state index contributed by atoms with van der Waals surface area (Å²) in [6, 6.07) is 17.8. The van der Waals surface area contributed by atoms with E-state index in [0.29, 0.717) is 18.2 Å². The summed E-state index contributed by atoms with van der Waals surface area (Å²) < 4.78 is 2.74. The van der Waals surface area contributed by atoms with E-state index in [1.165, 1.54) is 0 Å². The van der Waals surface area contributed by atoms with E-state index in [1.54, 1.807) is 23.1 Å². The van der Waals surface area contributed by atoms with Gasteiger partial charge in [-0.3, -0.25) is 4.79 Å². The second kappa shape index (κ2) is 6.83. The molecule has 2 aromatic carbocycles. The molecule has 0 bridgehead atoms. The summed E-state index contributed by atoms with van der Waals surface area (Å²) in [5, 5.41) is 5.45. The molecule has 2 aromatic heterocycles. The highest BCUT2D eigenvalue weighted by molar-refractivity contribution is 7.18. The molecular formula is C21H19N5OS. The van der Waals surface area contributed by atoms with Crippen molar-refractivity contribution in [2.75, 3.05) is 6.54 Å². The topological polar surface area (TPSA) is 63.9 Å². The Morgan fingerprint density at radius 1 is 1.07 bits per heavy atom. The molecule has 0 aliphatic carbocycles. The number of hydrogen-bond donors (Lipinski definition) is 0. The SMILES string of the molecule is Cn1nc(-c2ccccc2)nc1C(=O)N1CCCC1c1nc2ccccc2s1. The van der Waals surface area contributed by atoms with Gasteiger partial charge in [0.1, 0.15) is 5.01 Å². The summed E-state index contributed by atoms with van der Waals surface area (Å²) in [5.41, 5.74) is 1.90. The molecule has 1 saturated heterocycles. The standard InChI is InChI=1S/C21H19N5OS/c1-25-19(23-18(24-25)14-8-3-2-4-9-14)21(27)26-13-7-11-16(26)20-22-15-10-5-6-12-17(15)28-20/h2-6,8-10,12,16H,7,11,13H2,1H3. The molecule has 4 aromatic rings. The third-order valence-electron chi connectivity index (χ3n) is 5.10. The minimum absolute atomic E-state index is 0.00164. The zero-order chi connectivity index (χ0) is 19.1. The van der Waals surface area contributed by atoms with E-state index in [0.717, 1.165) is 33.6 Å². The molecule has 6 nitrogen and oxygen atoms in total. The van der Waals surface area contributed by atoms with Crippen LogP contribution in [0.15, 0.2) is 54.6 Å². The van der Waals surface area contributed by atoms with Gasteiger partial charge in [-0.25, -0.2) is 14.6 Å². The van der Waals surface area contributed by atoms with Gasteiger partial charge in [0.15, 0.2) is 5.82 Å². The van der Waals surface area contributed by atoms with Gasteiger partial charge in [0, 0.05) is 19.2 Å². The van der Waals surface area contributed by atoms with Crippen molar-refractivity contribution in [3.63, 3.8) is 0 Å². The molecule has 5 rings (SSSR count). The van der Waals surface area contributed by atoms with Gasteiger partial charge < -0.3 is 4.90 Å². The normalized spacial score (nSPS) is 16.8. The first kappa shape index (κ1) is 17.1. The van der Waals surface area contributed by atoms with Crippen LogP contribution in [-0.4, -0.2) is 37.1 Å². The van der Waals surface area contributed by atoms with Gasteiger partial charge in [-0.15, -0.1) is 11.3 Å². The highest BCUT2D eigenvalue weighted by Crippen LogP contribution is 2.37. The molecule has 28 heavy (non-hydrogen) atoms. The first-order valence-corrected chi connectivity index (χ1v) is 10.2. The maximum atomic E-state index is 13.3. The van der Waals surface area contributed by atoms with Crippen molar-refractivity contribution in [2.24, 2.45) is 7.05 Å². The van der Waals surface area contributed by atoms with Gasteiger partial charge in [-0.05, 0) is 25.0 Å². The van der Waals surface area contributed by atoms with Crippen LogP contribution in [0.25, 0.3) is 21.6 Å². The smallest absolute Gasteiger partial charge is 0.292 e. The van der Waals surface area contributed by atoms with E-state index in [2.05, 4.69) is 16.1 Å². The van der Waals surface area contributed by atoms with Crippen LogP contribution in [0.5, 0.6) is 0 Å². The van der Waals surface area contributed by atoms with Crippen LogP contribution in [-0.2, 0) is 7.05 Å². The van der Waals surface area contributed by atoms with Crippen molar-refractivity contribution in [3.8, 4) is 11.4 Å². The molecule has 1 fully saturated rings. The lowest BCUT2D eigenvalue weighted by Crippen LogP contribution is -2.32. The number of likely N-dealkylation sites (tertiary alicyclic amines) is 1. The molecular weight excluding hydrogens is 370 g/mol. The first-order valence-electron chi connectivity index (χ1n) is 9.33. The summed E-state index contributed by atoms with van der Waals surface area (Å²) in [7, 11) is 1.77. The Kier molecular flexibility index (Phi) is 4.16. The minimum Gasteiger partial charge on any atom is -0.326 e. The number of rotatable bonds is 3. The largest absolute Gasteiger partial charge is 0.326 e. The lowest BCUT2D eigenvalue weighted by atomic mass is 10.2. The Morgan fingerprint density at radius 3 is 2.68 bits per heavy atom. The fourth-order valence-electron chi connectivity index (χ4n) is 3.71. The van der Waals surface area contributed by atoms with Crippen LogP contribution in [0.2, 0.25) is 0 Å². The number of thiazole rings is 1. The quantitative estimate of drug-likeness (QED) is 0.530. The van der Waals surface area contributed by atoms with Crippen LogP contribution in [0.3, 0.4) is 0 Å². The Hall–Kier alpha value is -3.06. The summed E-state index contributed by atoms with van der Waals surface area (Å²) in [6.07, 6.45) is 1.89. The number of benzene rings is 2. The fourth-order valence-corrected chi connectivity index (χ4v) is 4.82. The maximum Gasteiger partial charge on any atom is 0.292 e. The number of fused-ring (bicyclic) bond motifs is 1. The monoisotopic (exact) mass is 389 g/mol. The fraction of sp³-hybridized carbons (Fsp3) is 0.238. The van der Waals surface area contributed by atoms with Crippen molar-refractivity contribution >= 4 is 27.5 Å². The number of nitrogens with zero attached hydrogens (tertiary/aromatic N) is 5. The summed E-state index contributed by atoms with van der Waals surface area (Å²) >= 11 is 1.67. The molecule has 3 heterocycles. The Bertz CT molecular complexity index is 1120. The summed E-state index contributed by atoms with van der Waals surface area (Å²) in [5.74, 6) is 0.855. The van der Waals surface area contributed by atoms with E-state index in [-0.39, 0.29) is 11.9 Å². The van der Waals surface area contributed by atoms with Crippen molar-refractivity contribution < 1.29 is 4.79 Å². The number of aryl methyl sites for hydroxylation is 1. The first-order chi connectivity index (χ1) is 13.7. The zero-order valence-electron chi connectivity index (χ0n) is 15.4. The Morgan fingerprint density at radius 2 is 1.86 bits per heavy atom. The minimum atomic E-state index is -0.0843. The second-order valence-electron chi connectivity index (χ2n) is 6.93. The van der Waals surface area contributed by atoms with Gasteiger partial charge in [0.25, 0.3) is 5.91 Å². The van der Waals surface area contributed by atoms with Gasteiger partial charge >= 0.3 is 0 Å². The van der Waals surface area contributed by atoms with Crippen LogP contribution in [0.4, 0.5) is 0 Å². The van der Waals surface area contributed by atoms with Crippen molar-refractivity contribution in [3.05, 3.63) is 65.4 Å². The molecule has 1 aliphatic rings. The number of carbonyl (C=O) groups excluding carboxylic acids is 1. The van der Waals surface area contributed by atoms with Gasteiger partial charge in [-0.2, -0.15) is 5.10 Å². The van der Waals surface area contributed by atoms with E-state index in [4.69, 9.17) is 4.98 Å². The van der Waals surface area contributed by atoms with Crippen LogP contribution in [0, 0.1) is 0 Å². The van der Waals surface area contributed by atoms with Crippen molar-refractivity contribution in [1.29, 1.82) is 0 Å². The molecule has 7 heteroatoms. The molecule has 1 amide bonds. The van der Waals surface area contributed by atoms with Crippen LogP contribution in [0.1, 0.15) is 34.5 Å². The predicted molar refractivity (Wildman–Crippen MR) is 109 cm³/mol. The van der Waals surface area contributed by atoms with E-state index < -0.39 is 0 Å². The number of aromatic nitrogens is 4. The van der Waals surface area contributed by atoms with Gasteiger partial charge in [-0.1, -0.05) is 42.5 Å². The highest BCUT2D eigenvalue weighted by Gasteiger charge is 2.35. The average Bonchev–Trinajstić information content (AvgIpc) is 3.45. The maximum absolute atomic E-state index is 13.3. The zero-order valence-corrected chi connectivity index (χ0v) is 16.3. The molecule has 0 spiro atoms. The van der Waals surface area contributed by atoms with Gasteiger partial charge in [0.2, 0.25) is 5.82 Å². The number of amides is 1. The molecule has 140 valence electrons. The van der Waals surface area contributed by atoms with E-state index in [9.17, 15) is 4.79 Å². The van der Waals surface area contributed by atoms with Gasteiger partial charge in [0.05, 0.1) is 16.3 Å². The average molecular weight is 389 g/mol. The van der Waals surface area contributed by atoms with E-state index in [1.807, 2.05) is 53.4 Å². The van der Waals surface area contributed by atoms with E-state index >= 15 is 0 Å². The molecule has 1 aliphatic heterocycles. The molecule has 0 radical (unpaired) electrons. The molecule has 1 unspecified atom stereocenters. The predicted octanol–water partition coefficient (Wildman–Crippen LogP) is 4.07. The van der Waals surface area contributed by atoms with Crippen LogP contribution < -0.4 is 0 Å². The summed E-state index contributed by atoms with van der Waals surface area (Å²) in [6.45, 7) is 0.715. The van der Waals surface area contributed by atoms with Crippen molar-refractivity contribution in [2.45, 2.75) is 18.9 Å². The molecule has 0 N–H and O–H groups in total. The lowest BCUT2D eigenvalue weighted by Gasteiger charge is -2.22. The number of carbonyl (C=O) groups is 1. The molecule has 0 saturated carbocycles. The number of para-hydroxylation sites is 1. The third kappa shape index (κ3) is 2.88. The number of hydrogen-bond acceptors (Lipinski definition) is 5. The summed E-state index contributed by atoms with van der Waals surface area (Å²) in [4.78, 5) is 24.5. The Balaban J connectivity index is 1.47. The second-order valence-corrected chi connectivity index (χ2v) is 7.99. The van der Waals surface area contributed by atoms with Crippen molar-refractivity contribution in [1.82, 2.24) is 24.6 Å². The molecule has 1 atom stereocenters. The Labute approximate surface area is 166 Å². The highest BCUT2D eigenvalue weighted by atomic mass is 32.1. The van der Waals surface area contributed by atoms with Crippen LogP contribution >= 0.6 is 11.3 Å².